The summed E-state index contributed by atoms with van der Waals surface area (Å²) in [6.07, 6.45) is -8.81. The van der Waals surface area contributed by atoms with Gasteiger partial charge in [-0.15, -0.1) is 0 Å². The van der Waals surface area contributed by atoms with Gasteiger partial charge < -0.3 is 45.5 Å². The summed E-state index contributed by atoms with van der Waals surface area (Å²) in [5.74, 6) is -1.53. The van der Waals surface area contributed by atoms with Crippen molar-refractivity contribution in [3.05, 3.63) is 113 Å². The van der Waals surface area contributed by atoms with Crippen molar-refractivity contribution in [3.63, 3.8) is 0 Å². The third kappa shape index (κ3) is 28.1. The van der Waals surface area contributed by atoms with Gasteiger partial charge in [-0.1, -0.05) is 23.4 Å². The summed E-state index contributed by atoms with van der Waals surface area (Å²) in [5, 5.41) is 26.3. The summed E-state index contributed by atoms with van der Waals surface area (Å²) in [6, 6.07) is 15.8. The molecule has 0 fully saturated rings. The van der Waals surface area contributed by atoms with Crippen LogP contribution in [0.4, 0.5) is 26.3 Å². The number of methoxy groups -OCH3 is 5. The fourth-order valence-electron chi connectivity index (χ4n) is 3.84. The van der Waals surface area contributed by atoms with Crippen LogP contribution in [0.1, 0.15) is 56.6 Å². The predicted molar refractivity (Wildman–Crippen MR) is 234 cm³/mol. The van der Waals surface area contributed by atoms with Gasteiger partial charge in [0.1, 0.15) is 39.7 Å². The van der Waals surface area contributed by atoms with Gasteiger partial charge in [-0.25, -0.2) is 14.4 Å². The van der Waals surface area contributed by atoms with Crippen LogP contribution in [0.25, 0.3) is 0 Å². The van der Waals surface area contributed by atoms with Crippen molar-refractivity contribution in [3.8, 4) is 23.0 Å². The Kier molecular flexibility index (Phi) is 44.4. The number of rotatable bonds is 8. The molecule has 346 valence electrons. The number of hydrogen-bond donors (Lipinski definition) is 2. The van der Waals surface area contributed by atoms with Crippen molar-refractivity contribution in [2.75, 3.05) is 35.5 Å². The second-order valence-corrected chi connectivity index (χ2v) is 13.1. The zero-order valence-corrected chi connectivity index (χ0v) is 48.4. The first-order valence-electron chi connectivity index (χ1n) is 15.2. The molecule has 0 saturated heterocycles. The number of aromatic carboxylic acids is 1. The van der Waals surface area contributed by atoms with Gasteiger partial charge in [0.15, 0.2) is 0 Å². The van der Waals surface area contributed by atoms with Gasteiger partial charge in [0, 0.05) is 18.0 Å². The maximum atomic E-state index is 12.4. The van der Waals surface area contributed by atoms with Crippen LogP contribution in [0.3, 0.4) is 0 Å². The number of carbonyl (C=O) groups is 4. The molecule has 0 aliphatic rings. The number of halogens is 10. The fourth-order valence-corrected chi connectivity index (χ4v) is 5.26. The number of ether oxygens (including phenoxy) is 5. The third-order valence-electron chi connectivity index (χ3n) is 6.48. The standard InChI is InChI=1S/C10H9F3O3.C9H8BrF3O.C9H9IO3.C7H5IO3.CH2O3.CH4.Cu.HI.2K.H/c1-15-8-4-3-6(10(11,12)13)5-7(8)9(14)16-2;1-14-8-3-2-7(9(11,12)13)4-6(8)5-10;1-12-8-4-3-6(10)5-7(8)9(11)13-2;8-4-1-2-6(9)5(3-4)7(10)11;2-1-4-3;;;;;;/h3-5H,1-2H3;2-4H,5H2,1H3;3-5H,1-2H3;1-3,9H,(H,10,11);1,3H;1H4;;1H;;;/q;;;;;;+1;;2*+1;-1/p-2. The van der Waals surface area contributed by atoms with Crippen molar-refractivity contribution < 1.29 is 207 Å². The molecule has 26 heteroatoms. The predicted octanol–water partition coefficient (Wildman–Crippen LogP) is 3.97. The average Bonchev–Trinajstić information content (AvgIpc) is 3.24. The second kappa shape index (κ2) is 38.9. The minimum atomic E-state index is -4.50. The Labute approximate surface area is 501 Å². The van der Waals surface area contributed by atoms with Crippen molar-refractivity contribution >= 4 is 106 Å². The molecule has 0 amide bonds. The Morgan fingerprint density at radius 3 is 1.38 bits per heavy atom. The van der Waals surface area contributed by atoms with E-state index in [4.69, 9.17) is 34.5 Å². The van der Waals surface area contributed by atoms with Gasteiger partial charge in [0.2, 0.25) is 0 Å². The molecule has 0 heterocycles. The van der Waals surface area contributed by atoms with E-state index in [9.17, 15) is 40.7 Å². The molecule has 2 N–H and O–H groups in total. The summed E-state index contributed by atoms with van der Waals surface area (Å²) in [6.45, 7) is -0.181. The molecule has 4 rings (SSSR count). The number of aromatic hydroxyl groups is 1. The van der Waals surface area contributed by atoms with Crippen molar-refractivity contribution in [2.24, 2.45) is 0 Å². The molecular formula is C37H37BrCuF6I3K2O13. The van der Waals surface area contributed by atoms with E-state index in [2.05, 4.69) is 65.6 Å². The van der Waals surface area contributed by atoms with E-state index in [0.29, 0.717) is 34.0 Å². The molecule has 4 aromatic carbocycles. The van der Waals surface area contributed by atoms with E-state index in [1.807, 2.05) is 28.7 Å². The van der Waals surface area contributed by atoms with Crippen molar-refractivity contribution in [2.45, 2.75) is 25.1 Å². The van der Waals surface area contributed by atoms with Crippen LogP contribution < -0.4 is 122 Å². The number of benzene rings is 4. The van der Waals surface area contributed by atoms with Crippen LogP contribution in [0.15, 0.2) is 72.8 Å². The quantitative estimate of drug-likeness (QED) is 0.0378. The molecule has 0 atom stereocenters. The van der Waals surface area contributed by atoms with E-state index in [-0.39, 0.29) is 147 Å². The van der Waals surface area contributed by atoms with Crippen LogP contribution in [0, 0.1) is 7.14 Å². The van der Waals surface area contributed by atoms with Crippen LogP contribution in [-0.2, 0) is 49.6 Å². The first kappa shape index (κ1) is 72.0. The third-order valence-corrected chi connectivity index (χ3v) is 8.43. The Hall–Kier alpha value is -0.0378. The van der Waals surface area contributed by atoms with Crippen LogP contribution >= 0.6 is 81.5 Å². The number of esters is 2. The van der Waals surface area contributed by atoms with Crippen molar-refractivity contribution in [1.82, 2.24) is 0 Å². The summed E-state index contributed by atoms with van der Waals surface area (Å²) in [5.41, 5.74) is -0.947. The van der Waals surface area contributed by atoms with E-state index < -0.39 is 35.4 Å². The Morgan fingerprint density at radius 2 is 1.05 bits per heavy atom. The molecule has 0 aliphatic carbocycles. The Morgan fingerprint density at radius 1 is 0.698 bits per heavy atom. The fraction of sp³-hybridized carbons (Fsp3) is 0.243. The molecule has 0 saturated carbocycles. The molecule has 0 radical (unpaired) electrons. The van der Waals surface area contributed by atoms with E-state index >= 15 is 0 Å². The minimum absolute atomic E-state index is 0. The van der Waals surface area contributed by atoms with E-state index in [1.54, 1.807) is 38.5 Å². The van der Waals surface area contributed by atoms with Gasteiger partial charge in [0.25, 0.3) is 6.47 Å². The van der Waals surface area contributed by atoms with E-state index in [0.717, 1.165) is 38.5 Å². The zero-order valence-electron chi connectivity index (χ0n) is 34.2. The number of carboxylic acid groups (broad SMARTS) is 1. The number of alkyl halides is 7. The van der Waals surface area contributed by atoms with Gasteiger partial charge in [0.05, 0.1) is 46.7 Å². The molecule has 0 spiro atoms. The van der Waals surface area contributed by atoms with E-state index in [1.165, 1.54) is 46.6 Å². The first-order valence-corrected chi connectivity index (χ1v) is 21.5. The van der Waals surface area contributed by atoms with Crippen LogP contribution in [0.5, 0.6) is 23.0 Å². The van der Waals surface area contributed by atoms with Gasteiger partial charge in [-0.2, -0.15) is 26.3 Å². The molecule has 4 aromatic rings. The molecule has 63 heavy (non-hydrogen) atoms. The summed E-state index contributed by atoms with van der Waals surface area (Å²) in [4.78, 5) is 44.1. The summed E-state index contributed by atoms with van der Waals surface area (Å²) < 4.78 is 99.4. The molecule has 13 nitrogen and oxygen atoms in total. The molecule has 0 aliphatic heterocycles. The Balaban J connectivity index is -0.000000166. The first-order chi connectivity index (χ1) is 28.1. The summed E-state index contributed by atoms with van der Waals surface area (Å²) >= 11 is 13.1. The van der Waals surface area contributed by atoms with Crippen molar-refractivity contribution in [1.29, 1.82) is 0 Å². The van der Waals surface area contributed by atoms with Crippen LogP contribution in [0.2, 0.25) is 0 Å². The SMILES string of the molecule is C.COC(=O)c1cc(C(F)(F)F)ccc1OC.COC(=O)c1cc(I)ccc1OC.COc1ccc(C(F)(F)F)cc1CBr.O=C(O)c1cc(I)ccc1O.O=CO[O-].[Cu][I].[H-].[K+].[K+]. The molecule has 0 bridgehead atoms. The number of phenols is 1. The zero-order chi connectivity index (χ0) is 46.8. The molecular weight excluding hydrogens is 1370 g/mol. The van der Waals surface area contributed by atoms with Gasteiger partial charge in [-0.05, 0) is 118 Å². The monoisotopic (exact) mass is 1400 g/mol. The Bertz CT molecular complexity index is 2000. The average molecular weight is 1410 g/mol. The summed E-state index contributed by atoms with van der Waals surface area (Å²) in [7, 11) is 6.64. The number of hydrogen-bond acceptors (Lipinski definition) is 12. The van der Waals surface area contributed by atoms with Gasteiger partial charge >= 0.3 is 166 Å². The topological polar surface area (TPSA) is 187 Å². The number of carbonyl (C=O) groups excluding carboxylic acids is 3. The largest absolute Gasteiger partial charge is 1.00 e. The maximum Gasteiger partial charge on any atom is 1.00 e. The normalized spacial score (nSPS) is 9.43. The number of carboxylic acids is 1. The molecule has 0 unspecified atom stereocenters. The van der Waals surface area contributed by atoms with Crippen LogP contribution in [-0.4, -0.2) is 70.1 Å². The smallest absolute Gasteiger partial charge is 1.00 e. The second-order valence-electron chi connectivity index (χ2n) is 10.1. The minimum Gasteiger partial charge on any atom is -1.00 e. The molecule has 0 aromatic heterocycles. The van der Waals surface area contributed by atoms with Gasteiger partial charge in [-0.3, -0.25) is 4.79 Å². The maximum absolute atomic E-state index is 12.4.